The molecule has 3 aliphatic rings. The van der Waals surface area contributed by atoms with Crippen LogP contribution in [-0.2, 0) is 23.7 Å². The third-order valence-corrected chi connectivity index (χ3v) is 8.49. The number of H-pyrrole nitrogens is 1. The van der Waals surface area contributed by atoms with E-state index >= 15 is 0 Å². The van der Waals surface area contributed by atoms with E-state index < -0.39 is 41.8 Å². The van der Waals surface area contributed by atoms with Crippen LogP contribution in [0.4, 0.5) is 0 Å². The quantitative estimate of drug-likeness (QED) is 0.427. The van der Waals surface area contributed by atoms with E-state index in [0.29, 0.717) is 6.42 Å². The van der Waals surface area contributed by atoms with Crippen LogP contribution in [0.3, 0.4) is 0 Å². The van der Waals surface area contributed by atoms with Crippen molar-refractivity contribution >= 4 is 27.4 Å². The molecule has 5 atom stereocenters. The van der Waals surface area contributed by atoms with E-state index in [2.05, 4.69) is 4.98 Å². The minimum absolute atomic E-state index is 0.0106. The molecule has 0 amide bonds. The number of aromatic amines is 1. The molecule has 1 aromatic heterocycles. The maximum Gasteiger partial charge on any atom is 0.330 e. The number of carbonyl (C=O) groups excluding carboxylic acids is 1. The van der Waals surface area contributed by atoms with Gasteiger partial charge in [-0.2, -0.15) is 0 Å². The van der Waals surface area contributed by atoms with E-state index in [0.717, 1.165) is 24.5 Å². The van der Waals surface area contributed by atoms with Crippen LogP contribution in [0.15, 0.2) is 21.9 Å². The van der Waals surface area contributed by atoms with Crippen LogP contribution < -0.4 is 11.2 Å². The molecule has 0 bridgehead atoms. The maximum absolute atomic E-state index is 12.3. The molecule has 1 aromatic rings. The van der Waals surface area contributed by atoms with Crippen LogP contribution in [-0.4, -0.2) is 57.2 Å². The average molecular weight is 473 g/mol. The molecule has 31 heavy (non-hydrogen) atoms. The Labute approximate surface area is 187 Å². The molecule has 2 unspecified atom stereocenters. The Morgan fingerprint density at radius 3 is 2.84 bits per heavy atom. The molecule has 0 aromatic carbocycles. The number of hydrogen-bond donors (Lipinski definition) is 1. The minimum atomic E-state index is -0.884. The summed E-state index contributed by atoms with van der Waals surface area (Å²) in [6.45, 7) is 3.45. The van der Waals surface area contributed by atoms with Gasteiger partial charge in [0.05, 0.1) is 0 Å². The number of ketones is 1. The minimum Gasteiger partial charge on any atom is -0.342 e. The molecular formula is C20H28N2O7S2. The highest BCUT2D eigenvalue weighted by molar-refractivity contribution is 8.77. The van der Waals surface area contributed by atoms with E-state index in [-0.39, 0.29) is 12.4 Å². The molecule has 9 nitrogen and oxygen atoms in total. The molecule has 0 radical (unpaired) electrons. The standard InChI is InChI=1S/C20H28N2O7S2/c1-20(2)28-15-16(29-20)18(27-17(15)22-9-7-14(24)21-19(22)25)26-11-12(23)5-3-4-6-13-8-10-30-31-13/h7,9,13,15-18H,3-6,8,10-11H2,1-2H3,(H,21,24,25)/t13?,15-,16+,17-,18?/m1/s1. The lowest BCUT2D eigenvalue weighted by Crippen LogP contribution is -2.37. The van der Waals surface area contributed by atoms with Gasteiger partial charge in [-0.3, -0.25) is 19.1 Å². The van der Waals surface area contributed by atoms with Crippen LogP contribution in [0, 0.1) is 0 Å². The van der Waals surface area contributed by atoms with Crippen molar-refractivity contribution in [1.29, 1.82) is 0 Å². The molecule has 4 rings (SSSR count). The van der Waals surface area contributed by atoms with Crippen molar-refractivity contribution in [2.75, 3.05) is 12.4 Å². The first-order chi connectivity index (χ1) is 14.8. The highest BCUT2D eigenvalue weighted by Gasteiger charge is 2.56. The predicted molar refractivity (Wildman–Crippen MR) is 117 cm³/mol. The molecule has 172 valence electrons. The Balaban J connectivity index is 1.31. The van der Waals surface area contributed by atoms with Gasteiger partial charge < -0.3 is 18.9 Å². The van der Waals surface area contributed by atoms with Crippen LogP contribution >= 0.6 is 21.6 Å². The van der Waals surface area contributed by atoms with Gasteiger partial charge in [-0.25, -0.2) is 4.79 Å². The van der Waals surface area contributed by atoms with Crippen molar-refractivity contribution in [1.82, 2.24) is 9.55 Å². The molecule has 0 spiro atoms. The zero-order valence-corrected chi connectivity index (χ0v) is 19.2. The number of aromatic nitrogens is 2. The number of Topliss-reactive ketones (excluding diaryl/α,β-unsaturated/α-hetero) is 1. The first-order valence-corrected chi connectivity index (χ1v) is 12.9. The molecular weight excluding hydrogens is 444 g/mol. The molecule has 3 aliphatic heterocycles. The maximum atomic E-state index is 12.3. The van der Waals surface area contributed by atoms with Crippen molar-refractivity contribution in [3.63, 3.8) is 0 Å². The fourth-order valence-corrected chi connectivity index (χ4v) is 7.06. The van der Waals surface area contributed by atoms with Gasteiger partial charge in [-0.15, -0.1) is 0 Å². The normalized spacial score (nSPS) is 31.7. The zero-order chi connectivity index (χ0) is 22.0. The molecule has 11 heteroatoms. The summed E-state index contributed by atoms with van der Waals surface area (Å²) < 4.78 is 24.7. The number of nitrogens with one attached hydrogen (secondary N) is 1. The molecule has 1 N–H and O–H groups in total. The van der Waals surface area contributed by atoms with Crippen molar-refractivity contribution in [2.24, 2.45) is 0 Å². The number of fused-ring (bicyclic) bond motifs is 1. The van der Waals surface area contributed by atoms with Gasteiger partial charge in [0.2, 0.25) is 0 Å². The van der Waals surface area contributed by atoms with E-state index in [4.69, 9.17) is 18.9 Å². The highest BCUT2D eigenvalue weighted by atomic mass is 33.1. The van der Waals surface area contributed by atoms with Gasteiger partial charge in [-0.05, 0) is 33.1 Å². The van der Waals surface area contributed by atoms with Gasteiger partial charge in [0.1, 0.15) is 18.8 Å². The number of ether oxygens (including phenoxy) is 4. The highest BCUT2D eigenvalue weighted by Crippen LogP contribution is 2.43. The van der Waals surface area contributed by atoms with Gasteiger partial charge in [0.25, 0.3) is 5.56 Å². The largest absolute Gasteiger partial charge is 0.342 e. The Morgan fingerprint density at radius 2 is 2.10 bits per heavy atom. The molecule has 4 heterocycles. The van der Waals surface area contributed by atoms with Crippen molar-refractivity contribution in [3.8, 4) is 0 Å². The first-order valence-electron chi connectivity index (χ1n) is 10.6. The van der Waals surface area contributed by atoms with E-state index in [9.17, 15) is 14.4 Å². The Morgan fingerprint density at radius 1 is 1.29 bits per heavy atom. The van der Waals surface area contributed by atoms with Gasteiger partial charge in [0, 0.05) is 29.7 Å². The van der Waals surface area contributed by atoms with Crippen LogP contribution in [0.5, 0.6) is 0 Å². The van der Waals surface area contributed by atoms with Crippen molar-refractivity contribution in [3.05, 3.63) is 33.1 Å². The summed E-state index contributed by atoms with van der Waals surface area (Å²) in [5.74, 6) is 0.350. The number of unbranched alkanes of at least 4 members (excludes halogenated alkanes) is 1. The summed E-state index contributed by atoms with van der Waals surface area (Å²) in [4.78, 5) is 38.1. The Kier molecular flexibility index (Phi) is 7.29. The Hall–Kier alpha value is -1.11. The molecule has 3 saturated heterocycles. The van der Waals surface area contributed by atoms with E-state index in [1.807, 2.05) is 21.6 Å². The second-order valence-corrected chi connectivity index (χ2v) is 11.2. The third-order valence-electron chi connectivity index (χ3n) is 5.48. The average Bonchev–Trinajstić information content (AvgIpc) is 3.40. The fourth-order valence-electron chi connectivity index (χ4n) is 4.03. The number of carbonyl (C=O) groups is 1. The topological polar surface area (TPSA) is 109 Å². The summed E-state index contributed by atoms with van der Waals surface area (Å²) in [7, 11) is 3.89. The monoisotopic (exact) mass is 472 g/mol. The zero-order valence-electron chi connectivity index (χ0n) is 17.6. The van der Waals surface area contributed by atoms with E-state index in [1.165, 1.54) is 29.0 Å². The van der Waals surface area contributed by atoms with E-state index in [1.54, 1.807) is 13.8 Å². The summed E-state index contributed by atoms with van der Waals surface area (Å²) in [5, 5.41) is 0.719. The Bertz CT molecular complexity index is 896. The molecule has 3 fully saturated rings. The lowest BCUT2D eigenvalue weighted by molar-refractivity contribution is -0.243. The summed E-state index contributed by atoms with van der Waals surface area (Å²) in [5.41, 5.74) is -1.11. The van der Waals surface area contributed by atoms with Crippen molar-refractivity contribution < 1.29 is 23.7 Å². The second-order valence-electron chi connectivity index (χ2n) is 8.40. The molecule has 0 aliphatic carbocycles. The SMILES string of the molecule is CC1(C)O[C@@H]2[C@H](O1)C(OCC(=O)CCCCC1CCSS1)O[C@H]2n1ccc(=O)[nH]c1=O. The van der Waals surface area contributed by atoms with Crippen LogP contribution in [0.1, 0.15) is 52.2 Å². The third kappa shape index (κ3) is 5.63. The predicted octanol–water partition coefficient (Wildman–Crippen LogP) is 2.21. The van der Waals surface area contributed by atoms with Gasteiger partial charge in [0.15, 0.2) is 24.1 Å². The molecule has 0 saturated carbocycles. The first kappa shape index (κ1) is 23.1. The smallest absolute Gasteiger partial charge is 0.330 e. The fraction of sp³-hybridized carbons (Fsp3) is 0.750. The lowest BCUT2D eigenvalue weighted by atomic mass is 10.1. The number of rotatable bonds is 9. The van der Waals surface area contributed by atoms with Gasteiger partial charge >= 0.3 is 5.69 Å². The van der Waals surface area contributed by atoms with Gasteiger partial charge in [-0.1, -0.05) is 28.0 Å². The second kappa shape index (κ2) is 9.80. The van der Waals surface area contributed by atoms with Crippen LogP contribution in [0.25, 0.3) is 0 Å². The summed E-state index contributed by atoms with van der Waals surface area (Å²) in [6.07, 6.45) is 3.22. The summed E-state index contributed by atoms with van der Waals surface area (Å²) in [6, 6.07) is 1.24. The lowest BCUT2D eigenvalue weighted by Gasteiger charge is -2.24. The number of nitrogens with zero attached hydrogens (tertiary/aromatic N) is 1. The number of hydrogen-bond acceptors (Lipinski definition) is 9. The summed E-state index contributed by atoms with van der Waals surface area (Å²) >= 11 is 0. The van der Waals surface area contributed by atoms with Crippen molar-refractivity contribution in [2.45, 2.75) is 81.7 Å². The van der Waals surface area contributed by atoms with Crippen LogP contribution in [0.2, 0.25) is 0 Å².